The average molecular weight is 497 g/mol. The molecule has 194 valence electrons. The first-order valence-corrected chi connectivity index (χ1v) is 13.5. The topological polar surface area (TPSA) is 70.5 Å². The zero-order chi connectivity index (χ0) is 26.2. The third-order valence-electron chi connectivity index (χ3n) is 6.90. The van der Waals surface area contributed by atoms with Crippen LogP contribution in [0.4, 0.5) is 0 Å². The molecule has 0 fully saturated rings. The number of aryl methyl sites for hydroxylation is 1. The van der Waals surface area contributed by atoms with E-state index in [1.54, 1.807) is 0 Å². The molecule has 0 aliphatic heterocycles. The lowest BCUT2D eigenvalue weighted by molar-refractivity contribution is 0.313. The van der Waals surface area contributed by atoms with Gasteiger partial charge in [0.15, 0.2) is 0 Å². The summed E-state index contributed by atoms with van der Waals surface area (Å²) in [6, 6.07) is 26.4. The van der Waals surface area contributed by atoms with E-state index in [1.807, 2.05) is 0 Å². The summed E-state index contributed by atoms with van der Waals surface area (Å²) in [7, 11) is 0. The maximum Gasteiger partial charge on any atom is 0.120 e. The van der Waals surface area contributed by atoms with Gasteiger partial charge in [0.25, 0.3) is 0 Å². The molecule has 1 unspecified atom stereocenters. The van der Waals surface area contributed by atoms with E-state index in [0.29, 0.717) is 32.2 Å². The first-order valence-electron chi connectivity index (χ1n) is 13.5. The van der Waals surface area contributed by atoms with Crippen molar-refractivity contribution in [2.45, 2.75) is 46.0 Å². The molecule has 4 aromatic rings. The Morgan fingerprint density at radius 2 is 1.22 bits per heavy atom. The molecule has 0 saturated carbocycles. The van der Waals surface area contributed by atoms with Crippen molar-refractivity contribution in [3.8, 4) is 33.8 Å². The zero-order valence-electron chi connectivity index (χ0n) is 22.4. The molecule has 0 amide bonds. The molecule has 37 heavy (non-hydrogen) atoms. The number of ether oxygens (including phenoxy) is 2. The van der Waals surface area contributed by atoms with Crippen molar-refractivity contribution in [2.75, 3.05) is 26.3 Å². The quantitative estimate of drug-likeness (QED) is 0.200. The van der Waals surface area contributed by atoms with Crippen LogP contribution < -0.4 is 20.9 Å². The van der Waals surface area contributed by atoms with Gasteiger partial charge in [-0.25, -0.2) is 0 Å². The summed E-state index contributed by atoms with van der Waals surface area (Å²) in [5.41, 5.74) is 18.5. The third kappa shape index (κ3) is 6.91. The third-order valence-corrected chi connectivity index (χ3v) is 6.90. The van der Waals surface area contributed by atoms with E-state index in [-0.39, 0.29) is 0 Å². The summed E-state index contributed by atoms with van der Waals surface area (Å²) >= 11 is 0. The SMILES string of the molecule is CCC(C)c1cc(OCCCN)cc(-c2ccc3ccc(-c4cc(C)cc(OCCCN)c4)cc3c2)c1. The molecule has 0 bridgehead atoms. The average Bonchev–Trinajstić information content (AvgIpc) is 2.92. The van der Waals surface area contributed by atoms with Crippen molar-refractivity contribution < 1.29 is 9.47 Å². The van der Waals surface area contributed by atoms with Crippen LogP contribution in [0.25, 0.3) is 33.0 Å². The highest BCUT2D eigenvalue weighted by atomic mass is 16.5. The van der Waals surface area contributed by atoms with Gasteiger partial charge in [-0.05, 0) is 126 Å². The van der Waals surface area contributed by atoms with Gasteiger partial charge in [0, 0.05) is 0 Å². The molecule has 4 nitrogen and oxygen atoms in total. The molecule has 0 heterocycles. The highest BCUT2D eigenvalue weighted by Crippen LogP contribution is 2.34. The van der Waals surface area contributed by atoms with Crippen LogP contribution in [-0.2, 0) is 0 Å². The highest BCUT2D eigenvalue weighted by Gasteiger charge is 2.11. The van der Waals surface area contributed by atoms with Crippen molar-refractivity contribution in [1.29, 1.82) is 0 Å². The van der Waals surface area contributed by atoms with Crippen molar-refractivity contribution in [3.05, 3.63) is 83.9 Å². The number of nitrogens with two attached hydrogens (primary N) is 2. The Bertz CT molecular complexity index is 1330. The molecule has 0 aliphatic rings. The van der Waals surface area contributed by atoms with Gasteiger partial charge >= 0.3 is 0 Å². The Labute approximate surface area is 221 Å². The Morgan fingerprint density at radius 1 is 0.649 bits per heavy atom. The van der Waals surface area contributed by atoms with Crippen LogP contribution in [0, 0.1) is 6.92 Å². The van der Waals surface area contributed by atoms with Crippen LogP contribution in [0.15, 0.2) is 72.8 Å². The lowest BCUT2D eigenvalue weighted by Gasteiger charge is -2.15. The second kappa shape index (κ2) is 12.8. The van der Waals surface area contributed by atoms with E-state index in [2.05, 4.69) is 93.6 Å². The standard InChI is InChI=1S/C33H40N2O2/c1-4-24(3)28-19-31(22-33(20-28)37-14-6-12-35)27-10-8-25-7-9-26(17-30(25)18-27)29-15-23(2)16-32(21-29)36-13-5-11-34/h7-10,15-22,24H,4-6,11-14,34-35H2,1-3H3. The van der Waals surface area contributed by atoms with Crippen LogP contribution in [0.1, 0.15) is 50.2 Å². The lowest BCUT2D eigenvalue weighted by atomic mass is 9.93. The molecule has 4 rings (SSSR count). The monoisotopic (exact) mass is 496 g/mol. The minimum Gasteiger partial charge on any atom is -0.494 e. The zero-order valence-corrected chi connectivity index (χ0v) is 22.4. The van der Waals surface area contributed by atoms with Gasteiger partial charge in [-0.1, -0.05) is 50.2 Å². The minimum atomic E-state index is 0.464. The fourth-order valence-electron chi connectivity index (χ4n) is 4.54. The Morgan fingerprint density at radius 3 is 1.78 bits per heavy atom. The van der Waals surface area contributed by atoms with E-state index < -0.39 is 0 Å². The van der Waals surface area contributed by atoms with Gasteiger partial charge < -0.3 is 20.9 Å². The summed E-state index contributed by atoms with van der Waals surface area (Å²) in [6.45, 7) is 9.13. The van der Waals surface area contributed by atoms with E-state index in [9.17, 15) is 0 Å². The second-order valence-electron chi connectivity index (χ2n) is 9.89. The van der Waals surface area contributed by atoms with Crippen LogP contribution >= 0.6 is 0 Å². The van der Waals surface area contributed by atoms with Gasteiger partial charge in [0.1, 0.15) is 11.5 Å². The fraction of sp³-hybridized carbons (Fsp3) is 0.333. The first kappa shape index (κ1) is 26.7. The van der Waals surface area contributed by atoms with E-state index in [1.165, 1.54) is 38.6 Å². The Kier molecular flexibility index (Phi) is 9.21. The molecule has 1 atom stereocenters. The normalized spacial score (nSPS) is 12.0. The van der Waals surface area contributed by atoms with Gasteiger partial charge in [0.2, 0.25) is 0 Å². The Balaban J connectivity index is 1.70. The highest BCUT2D eigenvalue weighted by molar-refractivity contribution is 5.91. The Hall–Kier alpha value is -3.34. The second-order valence-corrected chi connectivity index (χ2v) is 9.89. The van der Waals surface area contributed by atoms with Crippen molar-refractivity contribution in [2.24, 2.45) is 11.5 Å². The number of hydrogen-bond acceptors (Lipinski definition) is 4. The molecule has 4 aromatic carbocycles. The molecule has 0 saturated heterocycles. The summed E-state index contributed by atoms with van der Waals surface area (Å²) < 4.78 is 12.0. The van der Waals surface area contributed by atoms with Gasteiger partial charge in [-0.2, -0.15) is 0 Å². The van der Waals surface area contributed by atoms with Crippen molar-refractivity contribution in [3.63, 3.8) is 0 Å². The van der Waals surface area contributed by atoms with E-state index in [0.717, 1.165) is 36.3 Å². The largest absolute Gasteiger partial charge is 0.494 e. The van der Waals surface area contributed by atoms with Crippen LogP contribution in [0.2, 0.25) is 0 Å². The fourth-order valence-corrected chi connectivity index (χ4v) is 4.54. The number of fused-ring (bicyclic) bond motifs is 1. The van der Waals surface area contributed by atoms with Crippen LogP contribution in [0.5, 0.6) is 11.5 Å². The van der Waals surface area contributed by atoms with Crippen molar-refractivity contribution in [1.82, 2.24) is 0 Å². The van der Waals surface area contributed by atoms with E-state index >= 15 is 0 Å². The molecular formula is C33H40N2O2. The molecule has 0 radical (unpaired) electrons. The summed E-state index contributed by atoms with van der Waals surface area (Å²) in [5, 5.41) is 2.43. The van der Waals surface area contributed by atoms with Gasteiger partial charge in [-0.15, -0.1) is 0 Å². The van der Waals surface area contributed by atoms with Gasteiger partial charge in [0.05, 0.1) is 13.2 Å². The van der Waals surface area contributed by atoms with E-state index in [4.69, 9.17) is 20.9 Å². The molecular weight excluding hydrogens is 456 g/mol. The predicted molar refractivity (Wildman–Crippen MR) is 157 cm³/mol. The maximum atomic E-state index is 6.07. The predicted octanol–water partition coefficient (Wildman–Crippen LogP) is 7.45. The summed E-state index contributed by atoms with van der Waals surface area (Å²) in [6.07, 6.45) is 2.78. The molecule has 0 aliphatic carbocycles. The molecule has 0 spiro atoms. The van der Waals surface area contributed by atoms with Gasteiger partial charge in [-0.3, -0.25) is 0 Å². The number of rotatable bonds is 12. The minimum absolute atomic E-state index is 0.464. The first-order chi connectivity index (χ1) is 18.0. The number of benzene rings is 4. The molecule has 0 aromatic heterocycles. The van der Waals surface area contributed by atoms with Crippen LogP contribution in [0.3, 0.4) is 0 Å². The number of hydrogen-bond donors (Lipinski definition) is 2. The maximum absolute atomic E-state index is 6.07. The summed E-state index contributed by atoms with van der Waals surface area (Å²) in [5.74, 6) is 2.27. The summed E-state index contributed by atoms with van der Waals surface area (Å²) in [4.78, 5) is 0. The van der Waals surface area contributed by atoms with Crippen LogP contribution in [-0.4, -0.2) is 26.3 Å². The molecule has 4 N–H and O–H groups in total. The smallest absolute Gasteiger partial charge is 0.120 e. The van der Waals surface area contributed by atoms with Crippen molar-refractivity contribution >= 4 is 10.8 Å². The molecule has 4 heteroatoms. The lowest BCUT2D eigenvalue weighted by Crippen LogP contribution is -2.06.